The van der Waals surface area contributed by atoms with Gasteiger partial charge in [0.15, 0.2) is 0 Å². The largest absolute Gasteiger partial charge is 0.489 e. The molecule has 3 aromatic rings. The molecule has 1 N–H and O–H groups in total. The van der Waals surface area contributed by atoms with Crippen molar-refractivity contribution in [2.45, 2.75) is 6.61 Å². The van der Waals surface area contributed by atoms with Crippen molar-refractivity contribution < 1.29 is 19.0 Å². The summed E-state index contributed by atoms with van der Waals surface area (Å²) in [4.78, 5) is 10.4. The summed E-state index contributed by atoms with van der Waals surface area (Å²) in [6, 6.07) is 21.1. The van der Waals surface area contributed by atoms with E-state index in [9.17, 15) is 9.18 Å². The van der Waals surface area contributed by atoms with Gasteiger partial charge in [-0.15, -0.1) is 0 Å². The van der Waals surface area contributed by atoms with Crippen LogP contribution in [0.2, 0.25) is 0 Å². The summed E-state index contributed by atoms with van der Waals surface area (Å²) in [6.45, 7) is 0.364. The highest BCUT2D eigenvalue weighted by atomic mass is 19.1. The van der Waals surface area contributed by atoms with Gasteiger partial charge in [0.2, 0.25) is 0 Å². The Labute approximate surface area is 150 Å². The fourth-order valence-corrected chi connectivity index (χ4v) is 2.44. The summed E-state index contributed by atoms with van der Waals surface area (Å²) >= 11 is 0. The average Bonchev–Trinajstić information content (AvgIpc) is 2.66. The van der Waals surface area contributed by atoms with Crippen LogP contribution in [0, 0.1) is 17.7 Å². The van der Waals surface area contributed by atoms with Crippen molar-refractivity contribution in [3.63, 3.8) is 0 Å². The van der Waals surface area contributed by atoms with Gasteiger partial charge in [0.1, 0.15) is 18.2 Å². The second kappa shape index (κ2) is 8.00. The molecule has 26 heavy (non-hydrogen) atoms. The van der Waals surface area contributed by atoms with Gasteiger partial charge in [-0.05, 0) is 59.2 Å². The third kappa shape index (κ3) is 4.71. The van der Waals surface area contributed by atoms with Crippen molar-refractivity contribution in [2.24, 2.45) is 0 Å². The van der Waals surface area contributed by atoms with Crippen molar-refractivity contribution in [1.29, 1.82) is 0 Å². The van der Waals surface area contributed by atoms with Crippen LogP contribution >= 0.6 is 0 Å². The minimum Gasteiger partial charge on any atom is -0.489 e. The fourth-order valence-electron chi connectivity index (χ4n) is 2.44. The lowest BCUT2D eigenvalue weighted by Gasteiger charge is -2.08. The van der Waals surface area contributed by atoms with Crippen molar-refractivity contribution in [2.75, 3.05) is 0 Å². The van der Waals surface area contributed by atoms with Crippen LogP contribution in [0.5, 0.6) is 5.75 Å². The van der Waals surface area contributed by atoms with E-state index in [1.54, 1.807) is 30.3 Å². The Hall–Kier alpha value is -3.58. The molecule has 0 bridgehead atoms. The van der Waals surface area contributed by atoms with E-state index in [0.29, 0.717) is 17.9 Å². The van der Waals surface area contributed by atoms with Crippen molar-refractivity contribution in [1.82, 2.24) is 0 Å². The first kappa shape index (κ1) is 17.2. The van der Waals surface area contributed by atoms with E-state index >= 15 is 0 Å². The van der Waals surface area contributed by atoms with Gasteiger partial charge in [-0.2, -0.15) is 0 Å². The van der Waals surface area contributed by atoms with Crippen LogP contribution in [0.1, 0.15) is 11.1 Å². The third-order valence-corrected chi connectivity index (χ3v) is 3.66. The first-order valence-electron chi connectivity index (χ1n) is 7.93. The SMILES string of the molecule is O=C(O)C#Cc1ccc(OCc2cccc(-c3cccc(F)c3)c2)cc1. The summed E-state index contributed by atoms with van der Waals surface area (Å²) in [5.74, 6) is 3.83. The molecule has 3 rings (SSSR count). The van der Waals surface area contributed by atoms with Gasteiger partial charge >= 0.3 is 5.97 Å². The second-order valence-corrected chi connectivity index (χ2v) is 5.58. The molecule has 0 aliphatic rings. The molecule has 0 radical (unpaired) electrons. The number of hydrogen-bond donors (Lipinski definition) is 1. The van der Waals surface area contributed by atoms with Gasteiger partial charge in [-0.3, -0.25) is 0 Å². The maximum absolute atomic E-state index is 13.4. The van der Waals surface area contributed by atoms with Crippen molar-refractivity contribution in [3.8, 4) is 28.7 Å². The molecule has 0 saturated carbocycles. The molecule has 128 valence electrons. The number of carboxylic acid groups (broad SMARTS) is 1. The second-order valence-electron chi connectivity index (χ2n) is 5.58. The summed E-state index contributed by atoms with van der Waals surface area (Å²) in [5, 5.41) is 8.54. The number of hydrogen-bond acceptors (Lipinski definition) is 2. The van der Waals surface area contributed by atoms with E-state index in [1.807, 2.05) is 30.3 Å². The topological polar surface area (TPSA) is 46.5 Å². The van der Waals surface area contributed by atoms with E-state index < -0.39 is 5.97 Å². The monoisotopic (exact) mass is 346 g/mol. The molecule has 0 amide bonds. The Bertz CT molecular complexity index is 982. The van der Waals surface area contributed by atoms with Gasteiger partial charge < -0.3 is 9.84 Å². The standard InChI is InChI=1S/C22H15FO3/c23-20-6-2-5-19(14-20)18-4-1-3-17(13-18)15-26-21-10-7-16(8-11-21)9-12-22(24)25/h1-8,10-11,13-14H,15H2,(H,24,25). The lowest BCUT2D eigenvalue weighted by Crippen LogP contribution is -1.96. The Balaban J connectivity index is 1.68. The van der Waals surface area contributed by atoms with Crippen LogP contribution in [0.3, 0.4) is 0 Å². The van der Waals surface area contributed by atoms with Crippen LogP contribution in [0.15, 0.2) is 72.8 Å². The number of ether oxygens (including phenoxy) is 1. The molecule has 0 aliphatic carbocycles. The average molecular weight is 346 g/mol. The molecule has 0 atom stereocenters. The minimum absolute atomic E-state index is 0.268. The van der Waals surface area contributed by atoms with Crippen LogP contribution in [0.25, 0.3) is 11.1 Å². The molecular formula is C22H15FO3. The van der Waals surface area contributed by atoms with E-state index in [1.165, 1.54) is 12.1 Å². The highest BCUT2D eigenvalue weighted by Gasteiger charge is 2.02. The summed E-state index contributed by atoms with van der Waals surface area (Å²) in [7, 11) is 0. The first-order valence-corrected chi connectivity index (χ1v) is 7.93. The molecule has 0 spiro atoms. The highest BCUT2D eigenvalue weighted by molar-refractivity contribution is 5.87. The fraction of sp³-hybridized carbons (Fsp3) is 0.0455. The number of carboxylic acids is 1. The van der Waals surface area contributed by atoms with E-state index in [-0.39, 0.29) is 5.82 Å². The van der Waals surface area contributed by atoms with E-state index in [2.05, 4.69) is 11.8 Å². The van der Waals surface area contributed by atoms with Gasteiger partial charge in [-0.1, -0.05) is 36.3 Å². The minimum atomic E-state index is -1.16. The summed E-state index contributed by atoms with van der Waals surface area (Å²) in [6.07, 6.45) is 0. The molecule has 3 nitrogen and oxygen atoms in total. The number of halogens is 1. The molecule has 0 fully saturated rings. The number of benzene rings is 3. The van der Waals surface area contributed by atoms with Gasteiger partial charge in [0.25, 0.3) is 0 Å². The molecule has 0 saturated heterocycles. The molecule has 0 heterocycles. The Morgan fingerprint density at radius 3 is 2.35 bits per heavy atom. The van der Waals surface area contributed by atoms with E-state index in [0.717, 1.165) is 16.7 Å². The predicted molar refractivity (Wildman–Crippen MR) is 97.1 cm³/mol. The van der Waals surface area contributed by atoms with Crippen molar-refractivity contribution in [3.05, 3.63) is 89.7 Å². The smallest absolute Gasteiger partial charge is 0.382 e. The number of rotatable bonds is 4. The maximum atomic E-state index is 13.4. The van der Waals surface area contributed by atoms with Crippen LogP contribution in [-0.4, -0.2) is 11.1 Å². The van der Waals surface area contributed by atoms with Crippen molar-refractivity contribution >= 4 is 5.97 Å². The molecule has 0 aliphatic heterocycles. The van der Waals surface area contributed by atoms with Gasteiger partial charge in [0, 0.05) is 11.5 Å². The Kier molecular flexibility index (Phi) is 5.31. The highest BCUT2D eigenvalue weighted by Crippen LogP contribution is 2.22. The lowest BCUT2D eigenvalue weighted by molar-refractivity contribution is -0.130. The molecular weight excluding hydrogens is 331 g/mol. The lowest BCUT2D eigenvalue weighted by atomic mass is 10.0. The molecule has 0 unspecified atom stereocenters. The summed E-state index contributed by atoms with van der Waals surface area (Å²) in [5.41, 5.74) is 3.30. The van der Waals surface area contributed by atoms with Crippen LogP contribution < -0.4 is 4.74 Å². The maximum Gasteiger partial charge on any atom is 0.382 e. The van der Waals surface area contributed by atoms with Crippen LogP contribution in [0.4, 0.5) is 4.39 Å². The number of carbonyl (C=O) groups is 1. The predicted octanol–water partition coefficient (Wildman–Crippen LogP) is 4.51. The zero-order valence-electron chi connectivity index (χ0n) is 13.8. The molecule has 0 aromatic heterocycles. The normalized spacial score (nSPS) is 9.88. The Morgan fingerprint density at radius 1 is 0.962 bits per heavy atom. The zero-order chi connectivity index (χ0) is 18.4. The Morgan fingerprint density at radius 2 is 1.65 bits per heavy atom. The molecule has 3 aromatic carbocycles. The first-order chi connectivity index (χ1) is 12.6. The van der Waals surface area contributed by atoms with Gasteiger partial charge in [0.05, 0.1) is 0 Å². The zero-order valence-corrected chi connectivity index (χ0v) is 13.8. The third-order valence-electron chi connectivity index (χ3n) is 3.66. The summed E-state index contributed by atoms with van der Waals surface area (Å²) < 4.78 is 19.1. The van der Waals surface area contributed by atoms with Crippen LogP contribution in [-0.2, 0) is 11.4 Å². The molecule has 4 heteroatoms. The quantitative estimate of drug-likeness (QED) is 0.707. The number of aliphatic carboxylic acids is 1. The van der Waals surface area contributed by atoms with Gasteiger partial charge in [-0.25, -0.2) is 9.18 Å². The van der Waals surface area contributed by atoms with E-state index in [4.69, 9.17) is 9.84 Å².